The number of halogens is 1. The highest BCUT2D eigenvalue weighted by Gasteiger charge is 2.37. The number of hydrogen-bond acceptors (Lipinski definition) is 4. The van der Waals surface area contributed by atoms with Crippen molar-refractivity contribution in [3.8, 4) is 10.6 Å². The first-order chi connectivity index (χ1) is 15.0. The number of nitrogens with one attached hydrogen (secondary N) is 2. The minimum absolute atomic E-state index is 0.0362. The van der Waals surface area contributed by atoms with Crippen molar-refractivity contribution in [2.75, 3.05) is 0 Å². The molecule has 1 aliphatic rings. The van der Waals surface area contributed by atoms with Crippen LogP contribution < -0.4 is 10.6 Å². The van der Waals surface area contributed by atoms with Crippen LogP contribution in [0.2, 0.25) is 5.02 Å². The summed E-state index contributed by atoms with van der Waals surface area (Å²) in [5.41, 5.74) is 2.64. The molecule has 0 bridgehead atoms. The lowest BCUT2D eigenvalue weighted by Crippen LogP contribution is -2.44. The molecule has 0 spiro atoms. The third-order valence-corrected chi connectivity index (χ3v) is 6.75. The van der Waals surface area contributed by atoms with Gasteiger partial charge in [0.15, 0.2) is 0 Å². The molecular weight excluding hydrogens is 430 g/mol. The fourth-order valence-corrected chi connectivity index (χ4v) is 4.86. The normalized spacial score (nSPS) is 18.0. The minimum Gasteiger partial charge on any atom is -0.350 e. The van der Waals surface area contributed by atoms with Gasteiger partial charge < -0.3 is 10.6 Å². The van der Waals surface area contributed by atoms with Crippen molar-refractivity contribution in [2.24, 2.45) is 0 Å². The number of hydrogen-bond donors (Lipinski definition) is 2. The van der Waals surface area contributed by atoms with Crippen molar-refractivity contribution in [1.82, 2.24) is 15.6 Å². The largest absolute Gasteiger partial charge is 0.350 e. The lowest BCUT2D eigenvalue weighted by molar-refractivity contribution is -0.122. The van der Waals surface area contributed by atoms with E-state index in [4.69, 9.17) is 11.6 Å². The molecule has 1 fully saturated rings. The summed E-state index contributed by atoms with van der Waals surface area (Å²) in [5.74, 6) is 0.0103. The molecule has 1 aromatic heterocycles. The number of carbonyl (C=O) groups is 2. The zero-order chi connectivity index (χ0) is 21.7. The molecule has 31 heavy (non-hydrogen) atoms. The molecule has 3 aromatic rings. The van der Waals surface area contributed by atoms with Gasteiger partial charge in [-0.1, -0.05) is 54.1 Å². The predicted octanol–water partition coefficient (Wildman–Crippen LogP) is 4.75. The highest BCUT2D eigenvalue weighted by molar-refractivity contribution is 7.13. The SMILES string of the molecule is O=C(CCC1(Cc2ccc(Cl)cc2)CCC(=O)N1)NCc1csc(-c2ccccc2)n1. The van der Waals surface area contributed by atoms with Crippen molar-refractivity contribution in [1.29, 1.82) is 0 Å². The van der Waals surface area contributed by atoms with Gasteiger partial charge in [-0.3, -0.25) is 9.59 Å². The molecule has 1 atom stereocenters. The van der Waals surface area contributed by atoms with Gasteiger partial charge in [0.2, 0.25) is 11.8 Å². The molecule has 1 aliphatic heterocycles. The highest BCUT2D eigenvalue weighted by Crippen LogP contribution is 2.30. The molecular formula is C24H24ClN3O2S. The van der Waals surface area contributed by atoms with Crippen LogP contribution in [0.3, 0.4) is 0 Å². The van der Waals surface area contributed by atoms with Crippen LogP contribution in [0.5, 0.6) is 0 Å². The number of benzene rings is 2. The maximum absolute atomic E-state index is 12.5. The molecule has 0 aliphatic carbocycles. The molecule has 160 valence electrons. The predicted molar refractivity (Wildman–Crippen MR) is 124 cm³/mol. The molecule has 2 heterocycles. The Morgan fingerprint density at radius 2 is 1.94 bits per heavy atom. The number of nitrogens with zero attached hydrogens (tertiary/aromatic N) is 1. The smallest absolute Gasteiger partial charge is 0.220 e. The summed E-state index contributed by atoms with van der Waals surface area (Å²) >= 11 is 7.55. The van der Waals surface area contributed by atoms with Gasteiger partial charge in [-0.2, -0.15) is 0 Å². The summed E-state index contributed by atoms with van der Waals surface area (Å²) in [6.07, 6.45) is 2.86. The molecule has 2 aromatic carbocycles. The van der Waals surface area contributed by atoms with E-state index in [2.05, 4.69) is 15.6 Å². The Kier molecular flexibility index (Phi) is 6.68. The van der Waals surface area contributed by atoms with Crippen molar-refractivity contribution in [3.05, 3.63) is 76.3 Å². The van der Waals surface area contributed by atoms with E-state index in [0.29, 0.717) is 37.3 Å². The van der Waals surface area contributed by atoms with Crippen LogP contribution >= 0.6 is 22.9 Å². The second-order valence-electron chi connectivity index (χ2n) is 7.92. The van der Waals surface area contributed by atoms with Crippen molar-refractivity contribution in [2.45, 2.75) is 44.2 Å². The Morgan fingerprint density at radius 3 is 2.65 bits per heavy atom. The second kappa shape index (κ2) is 9.62. The van der Waals surface area contributed by atoms with Crippen molar-refractivity contribution < 1.29 is 9.59 Å². The number of rotatable bonds is 8. The van der Waals surface area contributed by atoms with E-state index < -0.39 is 0 Å². The maximum atomic E-state index is 12.5. The molecule has 4 rings (SSSR count). The minimum atomic E-state index is -0.386. The second-order valence-corrected chi connectivity index (χ2v) is 9.21. The van der Waals surface area contributed by atoms with Crippen LogP contribution in [0, 0.1) is 0 Å². The Morgan fingerprint density at radius 1 is 1.16 bits per heavy atom. The van der Waals surface area contributed by atoms with E-state index in [1.54, 1.807) is 11.3 Å². The average molecular weight is 454 g/mol. The van der Waals surface area contributed by atoms with Gasteiger partial charge >= 0.3 is 0 Å². The van der Waals surface area contributed by atoms with Gasteiger partial charge in [0, 0.05) is 34.3 Å². The Balaban J connectivity index is 1.31. The lowest BCUT2D eigenvalue weighted by atomic mass is 9.85. The van der Waals surface area contributed by atoms with Gasteiger partial charge in [-0.25, -0.2) is 4.98 Å². The molecule has 5 nitrogen and oxygen atoms in total. The van der Waals surface area contributed by atoms with E-state index in [1.165, 1.54) is 0 Å². The standard InChI is InChI=1S/C24H24ClN3O2S/c25-19-8-6-17(7-9-19)14-24(13-11-22(30)28-24)12-10-21(29)26-15-20-16-31-23(27-20)18-4-2-1-3-5-18/h1-9,16H,10-15H2,(H,26,29)(H,28,30). The molecule has 2 N–H and O–H groups in total. The van der Waals surface area contributed by atoms with Crippen LogP contribution in [0.25, 0.3) is 10.6 Å². The highest BCUT2D eigenvalue weighted by atomic mass is 35.5. The third-order valence-electron chi connectivity index (χ3n) is 5.56. The molecule has 0 radical (unpaired) electrons. The Labute approximate surface area is 190 Å². The first kappa shape index (κ1) is 21.5. The van der Waals surface area contributed by atoms with Gasteiger partial charge in [-0.15, -0.1) is 11.3 Å². The molecule has 1 unspecified atom stereocenters. The Bertz CT molecular complexity index is 1050. The van der Waals surface area contributed by atoms with E-state index >= 15 is 0 Å². The first-order valence-corrected chi connectivity index (χ1v) is 11.6. The Hall–Kier alpha value is -2.70. The van der Waals surface area contributed by atoms with Crippen LogP contribution in [-0.4, -0.2) is 22.3 Å². The van der Waals surface area contributed by atoms with Gasteiger partial charge in [-0.05, 0) is 37.0 Å². The number of carbonyl (C=O) groups excluding carboxylic acids is 2. The van der Waals surface area contributed by atoms with Gasteiger partial charge in [0.05, 0.1) is 12.2 Å². The molecule has 7 heteroatoms. The zero-order valence-electron chi connectivity index (χ0n) is 17.1. The first-order valence-electron chi connectivity index (χ1n) is 10.3. The quantitative estimate of drug-likeness (QED) is 0.517. The van der Waals surface area contributed by atoms with Crippen LogP contribution in [0.1, 0.15) is 36.9 Å². The van der Waals surface area contributed by atoms with Crippen molar-refractivity contribution >= 4 is 34.8 Å². The maximum Gasteiger partial charge on any atom is 0.220 e. The number of thiazole rings is 1. The molecule has 2 amide bonds. The van der Waals surface area contributed by atoms with E-state index in [1.807, 2.05) is 60.0 Å². The molecule has 1 saturated heterocycles. The topological polar surface area (TPSA) is 71.1 Å². The summed E-state index contributed by atoms with van der Waals surface area (Å²) in [6.45, 7) is 0.401. The average Bonchev–Trinajstić information content (AvgIpc) is 3.40. The van der Waals surface area contributed by atoms with Gasteiger partial charge in [0.1, 0.15) is 5.01 Å². The summed E-state index contributed by atoms with van der Waals surface area (Å²) in [4.78, 5) is 29.1. The zero-order valence-corrected chi connectivity index (χ0v) is 18.6. The van der Waals surface area contributed by atoms with E-state index in [9.17, 15) is 9.59 Å². The fraction of sp³-hybridized carbons (Fsp3) is 0.292. The number of amides is 2. The third kappa shape index (κ3) is 5.71. The summed E-state index contributed by atoms with van der Waals surface area (Å²) < 4.78 is 0. The summed E-state index contributed by atoms with van der Waals surface area (Å²) in [5, 5.41) is 9.69. The monoisotopic (exact) mass is 453 g/mol. The van der Waals surface area contributed by atoms with E-state index in [-0.39, 0.29) is 17.4 Å². The molecule has 0 saturated carbocycles. The van der Waals surface area contributed by atoms with Crippen molar-refractivity contribution in [3.63, 3.8) is 0 Å². The van der Waals surface area contributed by atoms with Crippen LogP contribution in [-0.2, 0) is 22.6 Å². The summed E-state index contributed by atoms with van der Waals surface area (Å²) in [7, 11) is 0. The van der Waals surface area contributed by atoms with Gasteiger partial charge in [0.25, 0.3) is 0 Å². The van der Waals surface area contributed by atoms with E-state index in [0.717, 1.165) is 28.2 Å². The van der Waals surface area contributed by atoms with Crippen LogP contribution in [0.15, 0.2) is 60.0 Å². The fourth-order valence-electron chi connectivity index (χ4n) is 3.91. The number of aromatic nitrogens is 1. The van der Waals surface area contributed by atoms with Crippen LogP contribution in [0.4, 0.5) is 0 Å². The lowest BCUT2D eigenvalue weighted by Gasteiger charge is -2.29. The summed E-state index contributed by atoms with van der Waals surface area (Å²) in [6, 6.07) is 17.7.